The van der Waals surface area contributed by atoms with Crippen molar-refractivity contribution in [1.82, 2.24) is 4.98 Å². The summed E-state index contributed by atoms with van der Waals surface area (Å²) in [5.41, 5.74) is 0.876. The Morgan fingerprint density at radius 1 is 1.18 bits per heavy atom. The largest absolute Gasteiger partial charge is 0.573 e. The van der Waals surface area contributed by atoms with Gasteiger partial charge in [-0.1, -0.05) is 23.7 Å². The van der Waals surface area contributed by atoms with Crippen molar-refractivity contribution in [3.05, 3.63) is 58.4 Å². The Kier molecular flexibility index (Phi) is 5.18. The summed E-state index contributed by atoms with van der Waals surface area (Å²) in [5, 5.41) is 0.134. The Morgan fingerprint density at radius 3 is 2.36 bits per heavy atom. The molecule has 0 unspecified atom stereocenters. The first-order chi connectivity index (χ1) is 10.3. The predicted octanol–water partition coefficient (Wildman–Crippen LogP) is 5.12. The van der Waals surface area contributed by atoms with Gasteiger partial charge in [0.2, 0.25) is 0 Å². The molecule has 2 nitrogen and oxygen atoms in total. The SMILES string of the molecule is F[C@H](c1ccc(OC(F)(F)F)cc1)c1c(Cl)cncc1CS. The van der Waals surface area contributed by atoms with Crippen molar-refractivity contribution in [3.8, 4) is 5.75 Å². The number of pyridine rings is 1. The quantitative estimate of drug-likeness (QED) is 0.610. The predicted molar refractivity (Wildman–Crippen MR) is 78.0 cm³/mol. The number of thiol groups is 1. The third-order valence-electron chi connectivity index (χ3n) is 2.85. The average molecular weight is 352 g/mol. The van der Waals surface area contributed by atoms with Gasteiger partial charge < -0.3 is 4.74 Å². The van der Waals surface area contributed by atoms with Gasteiger partial charge in [0.15, 0.2) is 6.17 Å². The first-order valence-electron chi connectivity index (χ1n) is 6.04. The van der Waals surface area contributed by atoms with E-state index in [4.69, 9.17) is 11.6 Å². The van der Waals surface area contributed by atoms with Crippen LogP contribution in [0.5, 0.6) is 5.75 Å². The van der Waals surface area contributed by atoms with E-state index in [1.807, 2.05) is 0 Å². The van der Waals surface area contributed by atoms with Crippen molar-refractivity contribution in [3.63, 3.8) is 0 Å². The molecule has 2 aromatic rings. The van der Waals surface area contributed by atoms with E-state index in [9.17, 15) is 17.6 Å². The molecule has 0 bridgehead atoms. The van der Waals surface area contributed by atoms with Crippen LogP contribution < -0.4 is 4.74 Å². The third-order valence-corrected chi connectivity index (χ3v) is 3.49. The van der Waals surface area contributed by atoms with E-state index < -0.39 is 18.3 Å². The highest BCUT2D eigenvalue weighted by atomic mass is 35.5. The molecule has 0 radical (unpaired) electrons. The van der Waals surface area contributed by atoms with Gasteiger partial charge in [-0.15, -0.1) is 13.2 Å². The number of ether oxygens (including phenoxy) is 1. The van der Waals surface area contributed by atoms with Crippen LogP contribution >= 0.6 is 24.2 Å². The number of aromatic nitrogens is 1. The van der Waals surface area contributed by atoms with Crippen LogP contribution in [-0.2, 0) is 5.75 Å². The molecule has 0 aliphatic carbocycles. The topological polar surface area (TPSA) is 22.1 Å². The molecule has 0 amide bonds. The maximum absolute atomic E-state index is 14.6. The Hall–Kier alpha value is -1.47. The van der Waals surface area contributed by atoms with Gasteiger partial charge >= 0.3 is 6.36 Å². The lowest BCUT2D eigenvalue weighted by Crippen LogP contribution is -2.17. The van der Waals surface area contributed by atoms with E-state index in [2.05, 4.69) is 22.3 Å². The third kappa shape index (κ3) is 4.04. The lowest BCUT2D eigenvalue weighted by Gasteiger charge is -2.15. The zero-order valence-electron chi connectivity index (χ0n) is 10.9. The van der Waals surface area contributed by atoms with Gasteiger partial charge in [-0.3, -0.25) is 4.98 Å². The van der Waals surface area contributed by atoms with Crippen LogP contribution in [-0.4, -0.2) is 11.3 Å². The number of alkyl halides is 4. The summed E-state index contributed by atoms with van der Waals surface area (Å²) >= 11 is 10.0. The summed E-state index contributed by atoms with van der Waals surface area (Å²) in [6.07, 6.45) is -3.64. The lowest BCUT2D eigenvalue weighted by atomic mass is 10.00. The van der Waals surface area contributed by atoms with Crippen molar-refractivity contribution >= 4 is 24.2 Å². The summed E-state index contributed by atoms with van der Waals surface area (Å²) in [6.45, 7) is 0. The second kappa shape index (κ2) is 6.75. The summed E-state index contributed by atoms with van der Waals surface area (Å²) in [5.74, 6) is -0.183. The second-order valence-corrected chi connectivity index (χ2v) is 5.06. The first kappa shape index (κ1) is 16.9. The van der Waals surface area contributed by atoms with Crippen molar-refractivity contribution in [2.24, 2.45) is 0 Å². The van der Waals surface area contributed by atoms with E-state index in [0.717, 1.165) is 12.1 Å². The molecule has 118 valence electrons. The molecule has 2 rings (SSSR count). The van der Waals surface area contributed by atoms with E-state index in [-0.39, 0.29) is 21.9 Å². The van der Waals surface area contributed by atoms with Crippen LogP contribution in [0.15, 0.2) is 36.7 Å². The van der Waals surface area contributed by atoms with E-state index >= 15 is 0 Å². The maximum atomic E-state index is 14.6. The molecule has 8 heteroatoms. The van der Waals surface area contributed by atoms with Crippen LogP contribution in [0.3, 0.4) is 0 Å². The molecule has 0 fully saturated rings. The van der Waals surface area contributed by atoms with E-state index in [1.54, 1.807) is 0 Å². The van der Waals surface area contributed by atoms with Crippen LogP contribution in [0.2, 0.25) is 5.02 Å². The molecule has 0 spiro atoms. The molecular formula is C14H10ClF4NOS. The van der Waals surface area contributed by atoms with Gasteiger partial charge in [-0.25, -0.2) is 4.39 Å². The molecule has 1 aromatic carbocycles. The molecule has 1 heterocycles. The van der Waals surface area contributed by atoms with Gasteiger partial charge in [0.05, 0.1) is 5.02 Å². The standard InChI is InChI=1S/C14H10ClF4NOS/c15-11-6-20-5-9(7-22)12(11)13(16)8-1-3-10(4-2-8)21-14(17,18)19/h1-6,13,22H,7H2/t13-/m1/s1. The smallest absolute Gasteiger partial charge is 0.406 e. The van der Waals surface area contributed by atoms with Crippen LogP contribution in [0.4, 0.5) is 17.6 Å². The zero-order valence-corrected chi connectivity index (χ0v) is 12.6. The Balaban J connectivity index is 2.29. The number of halogens is 5. The minimum atomic E-state index is -4.79. The zero-order chi connectivity index (χ0) is 16.3. The molecule has 0 saturated heterocycles. The minimum absolute atomic E-state index is 0.134. The van der Waals surface area contributed by atoms with Crippen molar-refractivity contribution in [2.45, 2.75) is 18.3 Å². The Morgan fingerprint density at radius 2 is 1.82 bits per heavy atom. The van der Waals surface area contributed by atoms with Crippen LogP contribution in [0, 0.1) is 0 Å². The highest BCUT2D eigenvalue weighted by molar-refractivity contribution is 7.79. The molecule has 0 aliphatic heterocycles. The number of hydrogen-bond donors (Lipinski definition) is 1. The molecule has 0 saturated carbocycles. The summed E-state index contributed by atoms with van der Waals surface area (Å²) in [7, 11) is 0. The summed E-state index contributed by atoms with van der Waals surface area (Å²) in [4.78, 5) is 3.85. The summed E-state index contributed by atoms with van der Waals surface area (Å²) in [6, 6.07) is 4.52. The number of nitrogens with zero attached hydrogens (tertiary/aromatic N) is 1. The van der Waals surface area contributed by atoms with Crippen LogP contribution in [0.1, 0.15) is 22.9 Å². The fraction of sp³-hybridized carbons (Fsp3) is 0.214. The second-order valence-electron chi connectivity index (χ2n) is 4.33. The normalized spacial score (nSPS) is 13.0. The molecule has 0 N–H and O–H groups in total. The number of hydrogen-bond acceptors (Lipinski definition) is 3. The minimum Gasteiger partial charge on any atom is -0.406 e. The fourth-order valence-electron chi connectivity index (χ4n) is 1.90. The monoisotopic (exact) mass is 351 g/mol. The molecular weight excluding hydrogens is 342 g/mol. The average Bonchev–Trinajstić information content (AvgIpc) is 2.45. The van der Waals surface area contributed by atoms with E-state index in [1.165, 1.54) is 24.5 Å². The maximum Gasteiger partial charge on any atom is 0.573 e. The van der Waals surface area contributed by atoms with Crippen molar-refractivity contribution in [1.29, 1.82) is 0 Å². The molecule has 1 atom stereocenters. The first-order valence-corrected chi connectivity index (χ1v) is 7.06. The van der Waals surface area contributed by atoms with Crippen molar-refractivity contribution < 1.29 is 22.3 Å². The Labute approximate surface area is 134 Å². The lowest BCUT2D eigenvalue weighted by molar-refractivity contribution is -0.274. The molecule has 0 aliphatic rings. The number of rotatable bonds is 4. The Bertz CT molecular complexity index is 648. The van der Waals surface area contributed by atoms with Gasteiger partial charge in [0.1, 0.15) is 5.75 Å². The van der Waals surface area contributed by atoms with E-state index in [0.29, 0.717) is 5.56 Å². The molecule has 1 aromatic heterocycles. The van der Waals surface area contributed by atoms with Gasteiger partial charge in [-0.05, 0) is 23.3 Å². The highest BCUT2D eigenvalue weighted by Crippen LogP contribution is 2.35. The molecule has 22 heavy (non-hydrogen) atoms. The van der Waals surface area contributed by atoms with Gasteiger partial charge in [0, 0.05) is 23.7 Å². The van der Waals surface area contributed by atoms with Gasteiger partial charge in [-0.2, -0.15) is 12.6 Å². The van der Waals surface area contributed by atoms with Gasteiger partial charge in [0.25, 0.3) is 0 Å². The fourth-order valence-corrected chi connectivity index (χ4v) is 2.43. The number of benzene rings is 1. The van der Waals surface area contributed by atoms with Crippen molar-refractivity contribution in [2.75, 3.05) is 0 Å². The highest BCUT2D eigenvalue weighted by Gasteiger charge is 2.31. The summed E-state index contributed by atoms with van der Waals surface area (Å²) < 4.78 is 54.6. The van der Waals surface area contributed by atoms with Crippen LogP contribution in [0.25, 0.3) is 0 Å².